The van der Waals surface area contributed by atoms with Crippen LogP contribution in [0.25, 0.3) is 22.3 Å². The van der Waals surface area contributed by atoms with Gasteiger partial charge in [-0.25, -0.2) is 0 Å². The van der Waals surface area contributed by atoms with Crippen molar-refractivity contribution in [3.05, 3.63) is 59.7 Å². The summed E-state index contributed by atoms with van der Waals surface area (Å²) >= 11 is 0. The average Bonchev–Trinajstić information content (AvgIpc) is 2.64. The van der Waals surface area contributed by atoms with Gasteiger partial charge in [0.15, 0.2) is 11.5 Å². The molecule has 3 aromatic carbocycles. The van der Waals surface area contributed by atoms with Gasteiger partial charge in [0, 0.05) is 0 Å². The van der Waals surface area contributed by atoms with Crippen molar-refractivity contribution in [2.45, 2.75) is 6.42 Å². The highest BCUT2D eigenvalue weighted by Gasteiger charge is 2.22. The van der Waals surface area contributed by atoms with Crippen molar-refractivity contribution in [1.29, 1.82) is 0 Å². The van der Waals surface area contributed by atoms with Crippen molar-refractivity contribution in [3.8, 4) is 39.5 Å². The Kier molecular flexibility index (Phi) is 2.75. The molecule has 3 aromatic rings. The number of aromatic hydroxyl groups is 3. The first-order valence-electron chi connectivity index (χ1n) is 7.30. The number of hydrogen-bond acceptors (Lipinski definition) is 4. The van der Waals surface area contributed by atoms with Gasteiger partial charge in [0.25, 0.3) is 0 Å². The first-order chi connectivity index (χ1) is 11.0. The van der Waals surface area contributed by atoms with Crippen molar-refractivity contribution >= 4 is 5.69 Å². The van der Waals surface area contributed by atoms with Gasteiger partial charge in [-0.1, -0.05) is 24.3 Å². The van der Waals surface area contributed by atoms with Gasteiger partial charge in [0.2, 0.25) is 0 Å². The number of benzene rings is 3. The molecule has 0 unspecified atom stereocenters. The lowest BCUT2D eigenvalue weighted by atomic mass is 9.93. The molecule has 0 atom stereocenters. The molecule has 0 spiro atoms. The molecule has 23 heavy (non-hydrogen) atoms. The topological polar surface area (TPSA) is 86.7 Å². The lowest BCUT2D eigenvalue weighted by molar-refractivity contribution is 0.404. The van der Waals surface area contributed by atoms with Crippen LogP contribution >= 0.6 is 0 Å². The van der Waals surface area contributed by atoms with Crippen molar-refractivity contribution in [1.82, 2.24) is 0 Å². The molecule has 0 radical (unpaired) electrons. The van der Waals surface area contributed by atoms with Crippen LogP contribution in [0.5, 0.6) is 17.2 Å². The Morgan fingerprint density at radius 2 is 1.30 bits per heavy atom. The summed E-state index contributed by atoms with van der Waals surface area (Å²) in [5.74, 6) is -0.290. The first-order valence-corrected chi connectivity index (χ1v) is 7.30. The summed E-state index contributed by atoms with van der Waals surface area (Å²) in [5, 5.41) is 29.8. The summed E-state index contributed by atoms with van der Waals surface area (Å²) in [4.78, 5) is 0. The molecule has 4 nitrogen and oxygen atoms in total. The van der Waals surface area contributed by atoms with Crippen LogP contribution in [0, 0.1) is 0 Å². The van der Waals surface area contributed by atoms with Crippen molar-refractivity contribution in [3.63, 3.8) is 0 Å². The maximum absolute atomic E-state index is 9.95. The SMILES string of the molecule is Nc1cc2c(cc1O)Cc1ccccc1-c1cc(O)c(O)cc1-2. The summed E-state index contributed by atoms with van der Waals surface area (Å²) in [6.45, 7) is 0. The number of rotatable bonds is 0. The minimum absolute atomic E-state index is 0.0488. The van der Waals surface area contributed by atoms with Crippen LogP contribution in [0.3, 0.4) is 0 Å². The van der Waals surface area contributed by atoms with Crippen LogP contribution in [-0.2, 0) is 6.42 Å². The van der Waals surface area contributed by atoms with E-state index in [0.717, 1.165) is 33.4 Å². The molecule has 0 saturated heterocycles. The lowest BCUT2D eigenvalue weighted by Gasteiger charge is -2.13. The Morgan fingerprint density at radius 3 is 2.04 bits per heavy atom. The molecule has 0 aromatic heterocycles. The van der Waals surface area contributed by atoms with Gasteiger partial charge in [0.1, 0.15) is 5.75 Å². The normalized spacial score (nSPS) is 12.0. The smallest absolute Gasteiger partial charge is 0.158 e. The summed E-state index contributed by atoms with van der Waals surface area (Å²) < 4.78 is 0. The summed E-state index contributed by atoms with van der Waals surface area (Å²) in [7, 11) is 0. The number of fused-ring (bicyclic) bond motifs is 5. The third kappa shape index (κ3) is 1.99. The molecule has 1 aliphatic rings. The maximum atomic E-state index is 9.95. The number of phenolic OH excluding ortho intramolecular Hbond substituents is 3. The van der Waals surface area contributed by atoms with E-state index in [-0.39, 0.29) is 22.9 Å². The molecule has 0 saturated carbocycles. The third-order valence-corrected chi connectivity index (χ3v) is 4.35. The molecule has 1 aliphatic carbocycles. The fourth-order valence-electron chi connectivity index (χ4n) is 3.21. The van der Waals surface area contributed by atoms with Crippen molar-refractivity contribution in [2.75, 3.05) is 5.73 Å². The molecule has 0 fully saturated rings. The Morgan fingerprint density at radius 1 is 0.652 bits per heavy atom. The Hall–Kier alpha value is -3.14. The maximum Gasteiger partial charge on any atom is 0.158 e. The molecule has 4 rings (SSSR count). The van der Waals surface area contributed by atoms with Crippen LogP contribution in [0.4, 0.5) is 5.69 Å². The van der Waals surface area contributed by atoms with E-state index in [1.807, 2.05) is 24.3 Å². The van der Waals surface area contributed by atoms with E-state index in [2.05, 4.69) is 0 Å². The minimum atomic E-state index is -0.180. The zero-order valence-corrected chi connectivity index (χ0v) is 12.2. The van der Waals surface area contributed by atoms with Gasteiger partial charge in [-0.2, -0.15) is 0 Å². The molecule has 0 amide bonds. The van der Waals surface area contributed by atoms with Crippen LogP contribution in [-0.4, -0.2) is 15.3 Å². The Labute approximate surface area is 133 Å². The number of nitrogen functional groups attached to an aromatic ring is 1. The molecular weight excluding hydrogens is 290 g/mol. The van der Waals surface area contributed by atoms with Crippen LogP contribution in [0.1, 0.15) is 11.1 Å². The molecular formula is C19H15NO3. The average molecular weight is 305 g/mol. The van der Waals surface area contributed by atoms with Crippen molar-refractivity contribution in [2.24, 2.45) is 0 Å². The highest BCUT2D eigenvalue weighted by molar-refractivity contribution is 5.91. The number of anilines is 1. The molecule has 4 heteroatoms. The molecule has 0 aliphatic heterocycles. The summed E-state index contributed by atoms with van der Waals surface area (Å²) in [5.41, 5.74) is 11.6. The summed E-state index contributed by atoms with van der Waals surface area (Å²) in [6, 6.07) is 14.4. The van der Waals surface area contributed by atoms with E-state index in [1.165, 1.54) is 0 Å². The Balaban J connectivity index is 2.14. The third-order valence-electron chi connectivity index (χ3n) is 4.35. The molecule has 5 N–H and O–H groups in total. The van der Waals surface area contributed by atoms with Gasteiger partial charge in [-0.3, -0.25) is 0 Å². The van der Waals surface area contributed by atoms with Crippen LogP contribution < -0.4 is 5.73 Å². The number of nitrogens with two attached hydrogens (primary N) is 1. The van der Waals surface area contributed by atoms with Gasteiger partial charge in [0.05, 0.1) is 5.69 Å². The quantitative estimate of drug-likeness (QED) is 0.295. The number of phenols is 3. The second-order valence-electron chi connectivity index (χ2n) is 5.79. The number of hydrogen-bond donors (Lipinski definition) is 4. The predicted octanol–water partition coefficient (Wildman–Crippen LogP) is 3.62. The van der Waals surface area contributed by atoms with Crippen molar-refractivity contribution < 1.29 is 15.3 Å². The monoisotopic (exact) mass is 305 g/mol. The van der Waals surface area contributed by atoms with Gasteiger partial charge >= 0.3 is 0 Å². The van der Waals surface area contributed by atoms with Crippen LogP contribution in [0.2, 0.25) is 0 Å². The second kappa shape index (κ2) is 4.68. The van der Waals surface area contributed by atoms with E-state index in [0.29, 0.717) is 6.42 Å². The van der Waals surface area contributed by atoms with E-state index in [1.54, 1.807) is 24.3 Å². The molecule has 0 bridgehead atoms. The van der Waals surface area contributed by atoms with E-state index < -0.39 is 0 Å². The lowest BCUT2D eigenvalue weighted by Crippen LogP contribution is -1.93. The van der Waals surface area contributed by atoms with E-state index in [9.17, 15) is 15.3 Å². The highest BCUT2D eigenvalue weighted by atomic mass is 16.3. The van der Waals surface area contributed by atoms with E-state index >= 15 is 0 Å². The predicted molar refractivity (Wildman–Crippen MR) is 89.5 cm³/mol. The fourth-order valence-corrected chi connectivity index (χ4v) is 3.21. The summed E-state index contributed by atoms with van der Waals surface area (Å²) in [6.07, 6.45) is 0.634. The fraction of sp³-hybridized carbons (Fsp3) is 0.0526. The van der Waals surface area contributed by atoms with Gasteiger partial charge in [-0.05, 0) is 64.1 Å². The van der Waals surface area contributed by atoms with Gasteiger partial charge < -0.3 is 21.1 Å². The minimum Gasteiger partial charge on any atom is -0.506 e. The van der Waals surface area contributed by atoms with Crippen LogP contribution in [0.15, 0.2) is 48.5 Å². The zero-order chi connectivity index (χ0) is 16.1. The van der Waals surface area contributed by atoms with E-state index in [4.69, 9.17) is 5.73 Å². The second-order valence-corrected chi connectivity index (χ2v) is 5.79. The zero-order valence-electron chi connectivity index (χ0n) is 12.2. The standard InChI is InChI=1S/C19H15NO3/c20-16-7-13-11(6-17(16)21)5-10-3-1-2-4-12(10)14-8-18(22)19(23)9-15(13)14/h1-4,6-9,21-23H,5,20H2. The highest BCUT2D eigenvalue weighted by Crippen LogP contribution is 2.46. The largest absolute Gasteiger partial charge is 0.506 e. The molecule has 114 valence electrons. The van der Waals surface area contributed by atoms with Gasteiger partial charge in [-0.15, -0.1) is 0 Å². The Bertz CT molecular complexity index is 948. The first kappa shape index (κ1) is 13.5. The molecule has 0 heterocycles.